The maximum Gasteiger partial charge on any atom is 0.341 e. The predicted molar refractivity (Wildman–Crippen MR) is 105 cm³/mol. The molecule has 0 aliphatic carbocycles. The number of hydrogen-bond donors (Lipinski definition) is 2. The number of carbonyl (C=O) groups is 1. The van der Waals surface area contributed by atoms with E-state index in [-0.39, 0.29) is 35.4 Å². The molecule has 0 unspecified atom stereocenters. The summed E-state index contributed by atoms with van der Waals surface area (Å²) in [7, 11) is -3.41. The first-order valence-electron chi connectivity index (χ1n) is 8.50. The average molecular weight is 401 g/mol. The number of rotatable bonds is 6. The molecule has 2 aromatic carbocycles. The third kappa shape index (κ3) is 3.83. The highest BCUT2D eigenvalue weighted by atomic mass is 32.2. The van der Waals surface area contributed by atoms with Crippen LogP contribution >= 0.6 is 0 Å². The smallest absolute Gasteiger partial charge is 0.341 e. The zero-order valence-electron chi connectivity index (χ0n) is 15.1. The molecular weight excluding hydrogens is 382 g/mol. The summed E-state index contributed by atoms with van der Waals surface area (Å²) in [4.78, 5) is 24.2. The monoisotopic (exact) mass is 401 g/mol. The van der Waals surface area contributed by atoms with E-state index < -0.39 is 21.2 Å². The number of aromatic carboxylic acids is 1. The van der Waals surface area contributed by atoms with Crippen LogP contribution in [-0.4, -0.2) is 42.0 Å². The van der Waals surface area contributed by atoms with Crippen LogP contribution in [0.15, 0.2) is 58.4 Å². The van der Waals surface area contributed by atoms with Crippen molar-refractivity contribution in [2.45, 2.75) is 17.9 Å². The second kappa shape index (κ2) is 7.57. The molecule has 0 aliphatic heterocycles. The molecule has 146 valence electrons. The molecule has 0 atom stereocenters. The number of benzene rings is 2. The number of nitrogens with zero attached hydrogens (tertiary/aromatic N) is 1. The predicted octanol–water partition coefficient (Wildman–Crippen LogP) is 1.69. The number of aliphatic hydroxyl groups is 1. The number of sulfone groups is 1. The van der Waals surface area contributed by atoms with Crippen LogP contribution in [0.1, 0.15) is 21.5 Å². The third-order valence-corrected chi connectivity index (χ3v) is 5.68. The van der Waals surface area contributed by atoms with Crippen molar-refractivity contribution in [2.75, 3.05) is 12.9 Å². The summed E-state index contributed by atoms with van der Waals surface area (Å²) >= 11 is 0. The van der Waals surface area contributed by atoms with E-state index in [4.69, 9.17) is 0 Å². The summed E-state index contributed by atoms with van der Waals surface area (Å²) in [5.74, 6) is -1.34. The topological polar surface area (TPSA) is 114 Å². The van der Waals surface area contributed by atoms with Crippen molar-refractivity contribution >= 4 is 26.7 Å². The van der Waals surface area contributed by atoms with Crippen molar-refractivity contribution in [1.82, 2.24) is 4.57 Å². The van der Waals surface area contributed by atoms with E-state index in [2.05, 4.69) is 0 Å². The number of aliphatic hydroxyl groups excluding tert-OH is 1. The van der Waals surface area contributed by atoms with Crippen LogP contribution in [0, 0.1) is 0 Å². The molecule has 7 nitrogen and oxygen atoms in total. The normalized spacial score (nSPS) is 11.6. The molecule has 28 heavy (non-hydrogen) atoms. The van der Waals surface area contributed by atoms with Gasteiger partial charge in [0, 0.05) is 24.4 Å². The SMILES string of the molecule is CS(=O)(=O)c1ccccc1Cc1ccc2c(c1)c(=O)c(C(=O)O)cn2CCO. The van der Waals surface area contributed by atoms with E-state index in [1.54, 1.807) is 36.4 Å². The maximum atomic E-state index is 12.6. The van der Waals surface area contributed by atoms with Crippen LogP contribution < -0.4 is 5.43 Å². The Morgan fingerprint density at radius 3 is 2.50 bits per heavy atom. The lowest BCUT2D eigenvalue weighted by atomic mass is 10.0. The zero-order valence-corrected chi connectivity index (χ0v) is 15.9. The Hall–Kier alpha value is -2.97. The van der Waals surface area contributed by atoms with Crippen LogP contribution in [0.2, 0.25) is 0 Å². The minimum Gasteiger partial charge on any atom is -0.477 e. The minimum absolute atomic E-state index is 0.146. The van der Waals surface area contributed by atoms with Gasteiger partial charge < -0.3 is 14.8 Å². The summed E-state index contributed by atoms with van der Waals surface area (Å²) in [6, 6.07) is 11.6. The standard InChI is InChI=1S/C20H19NO6S/c1-28(26,27)18-5-3-2-4-14(18)10-13-6-7-17-15(11-13)19(23)16(20(24)25)12-21(17)8-9-22/h2-7,11-12,22H,8-10H2,1H3,(H,24,25). The van der Waals surface area contributed by atoms with Gasteiger partial charge in [-0.3, -0.25) is 4.79 Å². The molecule has 0 fully saturated rings. The van der Waals surface area contributed by atoms with Gasteiger partial charge in [-0.15, -0.1) is 0 Å². The summed E-state index contributed by atoms with van der Waals surface area (Å²) in [6.07, 6.45) is 2.64. The van der Waals surface area contributed by atoms with E-state index in [1.165, 1.54) is 16.8 Å². The van der Waals surface area contributed by atoms with Crippen molar-refractivity contribution in [3.8, 4) is 0 Å². The van der Waals surface area contributed by atoms with Gasteiger partial charge in [0.1, 0.15) is 5.56 Å². The van der Waals surface area contributed by atoms with Gasteiger partial charge in [-0.1, -0.05) is 24.3 Å². The van der Waals surface area contributed by atoms with E-state index in [1.807, 2.05) is 0 Å². The molecule has 8 heteroatoms. The highest BCUT2D eigenvalue weighted by Crippen LogP contribution is 2.21. The molecule has 0 bridgehead atoms. The number of carboxylic acid groups (broad SMARTS) is 1. The molecule has 2 N–H and O–H groups in total. The molecule has 1 aromatic heterocycles. The molecule has 0 radical (unpaired) electrons. The Kier molecular flexibility index (Phi) is 5.35. The second-order valence-corrected chi connectivity index (χ2v) is 8.49. The molecule has 0 aliphatic rings. The van der Waals surface area contributed by atoms with Crippen molar-refractivity contribution in [3.05, 3.63) is 75.6 Å². The number of hydrogen-bond acceptors (Lipinski definition) is 5. The van der Waals surface area contributed by atoms with Gasteiger partial charge in [-0.2, -0.15) is 0 Å². The van der Waals surface area contributed by atoms with E-state index in [0.29, 0.717) is 16.6 Å². The lowest BCUT2D eigenvalue weighted by molar-refractivity contribution is 0.0694. The highest BCUT2D eigenvalue weighted by molar-refractivity contribution is 7.90. The quantitative estimate of drug-likeness (QED) is 0.650. The first-order chi connectivity index (χ1) is 13.2. The van der Waals surface area contributed by atoms with Crippen molar-refractivity contribution in [3.63, 3.8) is 0 Å². The number of aromatic nitrogens is 1. The first-order valence-corrected chi connectivity index (χ1v) is 10.4. The largest absolute Gasteiger partial charge is 0.477 e. The van der Waals surface area contributed by atoms with Crippen molar-refractivity contribution in [2.24, 2.45) is 0 Å². The molecular formula is C20H19NO6S. The van der Waals surface area contributed by atoms with E-state index in [0.717, 1.165) is 6.26 Å². The van der Waals surface area contributed by atoms with Crippen molar-refractivity contribution in [1.29, 1.82) is 0 Å². The van der Waals surface area contributed by atoms with Gasteiger partial charge in [-0.05, 0) is 35.7 Å². The molecule has 0 amide bonds. The Morgan fingerprint density at radius 2 is 1.86 bits per heavy atom. The molecule has 0 saturated heterocycles. The van der Waals surface area contributed by atoms with Gasteiger partial charge in [0.25, 0.3) is 0 Å². The molecule has 3 rings (SSSR count). The van der Waals surface area contributed by atoms with Gasteiger partial charge in [0.05, 0.1) is 17.0 Å². The second-order valence-electron chi connectivity index (χ2n) is 6.50. The summed E-state index contributed by atoms with van der Waals surface area (Å²) in [5, 5.41) is 18.7. The Labute approximate surface area is 161 Å². The van der Waals surface area contributed by atoms with Gasteiger partial charge >= 0.3 is 5.97 Å². The third-order valence-electron chi connectivity index (χ3n) is 4.48. The number of fused-ring (bicyclic) bond motifs is 1. The van der Waals surface area contributed by atoms with E-state index in [9.17, 15) is 28.2 Å². The fourth-order valence-corrected chi connectivity index (χ4v) is 4.17. The summed E-state index contributed by atoms with van der Waals surface area (Å²) in [5.41, 5.74) is 0.780. The van der Waals surface area contributed by atoms with Gasteiger partial charge in [0.2, 0.25) is 5.43 Å². The van der Waals surface area contributed by atoms with Crippen LogP contribution in [0.25, 0.3) is 10.9 Å². The van der Waals surface area contributed by atoms with Gasteiger partial charge in [0.15, 0.2) is 9.84 Å². The Balaban J connectivity index is 2.17. The molecule has 0 spiro atoms. The lowest BCUT2D eigenvalue weighted by Gasteiger charge is -2.13. The average Bonchev–Trinajstić information content (AvgIpc) is 2.63. The first kappa shape index (κ1) is 19.8. The minimum atomic E-state index is -3.41. The summed E-state index contributed by atoms with van der Waals surface area (Å²) < 4.78 is 25.5. The van der Waals surface area contributed by atoms with Crippen molar-refractivity contribution < 1.29 is 23.4 Å². The summed E-state index contributed by atoms with van der Waals surface area (Å²) in [6.45, 7) is -0.0617. The fraction of sp³-hybridized carbons (Fsp3) is 0.200. The Morgan fingerprint density at radius 1 is 1.14 bits per heavy atom. The van der Waals surface area contributed by atoms with Crippen LogP contribution in [0.4, 0.5) is 0 Å². The molecule has 0 saturated carbocycles. The number of carboxylic acids is 1. The maximum absolute atomic E-state index is 12.6. The molecule has 3 aromatic rings. The molecule has 1 heterocycles. The van der Waals surface area contributed by atoms with Gasteiger partial charge in [-0.25, -0.2) is 13.2 Å². The van der Waals surface area contributed by atoms with Crippen LogP contribution in [-0.2, 0) is 22.8 Å². The Bertz CT molecular complexity index is 1230. The number of pyridine rings is 1. The lowest BCUT2D eigenvalue weighted by Crippen LogP contribution is -2.20. The highest BCUT2D eigenvalue weighted by Gasteiger charge is 2.16. The van der Waals surface area contributed by atoms with E-state index >= 15 is 0 Å². The zero-order chi connectivity index (χ0) is 20.5. The fourth-order valence-electron chi connectivity index (χ4n) is 3.23. The van der Waals surface area contributed by atoms with Crippen LogP contribution in [0.5, 0.6) is 0 Å². The van der Waals surface area contributed by atoms with Crippen LogP contribution in [0.3, 0.4) is 0 Å².